The number of rotatable bonds is 4. The maximum absolute atomic E-state index is 12.4. The van der Waals surface area contributed by atoms with E-state index in [0.29, 0.717) is 38.5 Å². The van der Waals surface area contributed by atoms with E-state index in [9.17, 15) is 23.3 Å². The fourth-order valence-corrected chi connectivity index (χ4v) is 3.93. The van der Waals surface area contributed by atoms with Crippen molar-refractivity contribution in [2.75, 3.05) is 43.9 Å². The van der Waals surface area contributed by atoms with Gasteiger partial charge in [0.1, 0.15) is 11.8 Å². The number of hydrogen-bond acceptors (Lipinski definition) is 7. The van der Waals surface area contributed by atoms with E-state index in [-0.39, 0.29) is 22.6 Å². The quantitative estimate of drug-likeness (QED) is 0.559. The molecule has 2 aliphatic rings. The fraction of sp³-hybridized carbons (Fsp3) is 0.562. The van der Waals surface area contributed by atoms with Gasteiger partial charge in [-0.25, -0.2) is 8.42 Å². The normalized spacial score (nSPS) is 21.0. The topological polar surface area (TPSA) is 110 Å². The van der Waals surface area contributed by atoms with Crippen LogP contribution in [0.15, 0.2) is 23.1 Å². The Bertz CT molecular complexity index is 811. The van der Waals surface area contributed by atoms with Gasteiger partial charge in [0.25, 0.3) is 11.6 Å². The maximum atomic E-state index is 12.4. The van der Waals surface area contributed by atoms with Crippen LogP contribution in [0.2, 0.25) is 0 Å². The molecular formula is C16H21N3O6S. The maximum Gasteiger partial charge on any atom is 0.293 e. The van der Waals surface area contributed by atoms with Crippen molar-refractivity contribution in [3.05, 3.63) is 28.3 Å². The number of carbonyl (C=O) groups excluding carboxylic acids is 1. The van der Waals surface area contributed by atoms with Gasteiger partial charge in [-0.15, -0.1) is 0 Å². The van der Waals surface area contributed by atoms with Crippen LogP contribution in [0.3, 0.4) is 0 Å². The second-order valence-corrected chi connectivity index (χ2v) is 8.51. The van der Waals surface area contributed by atoms with Crippen LogP contribution in [0.1, 0.15) is 12.8 Å². The average Bonchev–Trinajstić information content (AvgIpc) is 3.14. The lowest BCUT2D eigenvalue weighted by atomic mass is 10.2. The third kappa shape index (κ3) is 3.80. The molecule has 0 radical (unpaired) electrons. The van der Waals surface area contributed by atoms with Gasteiger partial charge in [-0.3, -0.25) is 14.9 Å². The van der Waals surface area contributed by atoms with Crippen LogP contribution in [-0.2, 0) is 19.4 Å². The number of sulfone groups is 1. The smallest absolute Gasteiger partial charge is 0.293 e. The lowest BCUT2D eigenvalue weighted by molar-refractivity contribution is -0.384. The molecular weight excluding hydrogens is 362 g/mol. The van der Waals surface area contributed by atoms with E-state index >= 15 is 0 Å². The molecule has 0 unspecified atom stereocenters. The molecule has 3 rings (SSSR count). The second kappa shape index (κ2) is 7.20. The first-order valence-corrected chi connectivity index (χ1v) is 10.3. The average molecular weight is 383 g/mol. The Morgan fingerprint density at radius 3 is 2.50 bits per heavy atom. The zero-order valence-electron chi connectivity index (χ0n) is 14.5. The lowest BCUT2D eigenvalue weighted by Gasteiger charge is -2.36. The minimum absolute atomic E-state index is 0.0240. The van der Waals surface area contributed by atoms with E-state index in [1.807, 2.05) is 4.90 Å². The summed E-state index contributed by atoms with van der Waals surface area (Å²) in [5.74, 6) is -0.0240. The van der Waals surface area contributed by atoms with Crippen molar-refractivity contribution < 1.29 is 22.9 Å². The molecule has 0 spiro atoms. The number of hydrogen-bond donors (Lipinski definition) is 0. The highest BCUT2D eigenvalue weighted by Crippen LogP contribution is 2.31. The van der Waals surface area contributed by atoms with Gasteiger partial charge >= 0.3 is 0 Å². The summed E-state index contributed by atoms with van der Waals surface area (Å²) in [5, 5.41) is 11.4. The molecule has 0 saturated carbocycles. The zero-order chi connectivity index (χ0) is 18.9. The highest BCUT2D eigenvalue weighted by molar-refractivity contribution is 7.90. The van der Waals surface area contributed by atoms with E-state index in [1.165, 1.54) is 12.1 Å². The summed E-state index contributed by atoms with van der Waals surface area (Å²) in [6, 6.07) is 3.93. The molecule has 0 bridgehead atoms. The number of carbonyl (C=O) groups is 1. The summed E-state index contributed by atoms with van der Waals surface area (Å²) < 4.78 is 28.7. The number of anilines is 1. The van der Waals surface area contributed by atoms with Crippen LogP contribution in [0.25, 0.3) is 0 Å². The van der Waals surface area contributed by atoms with Crippen molar-refractivity contribution >= 4 is 27.1 Å². The first-order valence-electron chi connectivity index (χ1n) is 8.41. The van der Waals surface area contributed by atoms with Crippen LogP contribution < -0.4 is 4.90 Å². The number of amides is 1. The molecule has 0 aromatic heterocycles. The Kier molecular flexibility index (Phi) is 5.15. The monoisotopic (exact) mass is 383 g/mol. The molecule has 9 nitrogen and oxygen atoms in total. The highest BCUT2D eigenvalue weighted by atomic mass is 32.2. The van der Waals surface area contributed by atoms with E-state index in [1.54, 1.807) is 4.90 Å². The minimum Gasteiger partial charge on any atom is -0.368 e. The molecule has 1 aromatic carbocycles. The molecule has 2 heterocycles. The summed E-state index contributed by atoms with van der Waals surface area (Å²) >= 11 is 0. The molecule has 142 valence electrons. The van der Waals surface area contributed by atoms with Crippen LogP contribution >= 0.6 is 0 Å². The fourth-order valence-electron chi connectivity index (χ4n) is 3.29. The molecule has 1 atom stereocenters. The van der Waals surface area contributed by atoms with Crippen LogP contribution in [0.4, 0.5) is 11.4 Å². The van der Waals surface area contributed by atoms with Gasteiger partial charge in [-0.1, -0.05) is 0 Å². The summed E-state index contributed by atoms with van der Waals surface area (Å²) in [4.78, 5) is 26.7. The van der Waals surface area contributed by atoms with Crippen LogP contribution in [0.5, 0.6) is 0 Å². The third-order valence-electron chi connectivity index (χ3n) is 4.71. The van der Waals surface area contributed by atoms with Crippen molar-refractivity contribution in [3.63, 3.8) is 0 Å². The number of nitro groups is 1. The van der Waals surface area contributed by atoms with E-state index < -0.39 is 14.8 Å². The predicted octanol–water partition coefficient (Wildman–Crippen LogP) is 0.826. The predicted molar refractivity (Wildman–Crippen MR) is 94.0 cm³/mol. The number of nitro benzene ring substituents is 1. The summed E-state index contributed by atoms with van der Waals surface area (Å²) in [6.45, 7) is 2.39. The third-order valence-corrected chi connectivity index (χ3v) is 5.82. The Hall–Kier alpha value is -2.20. The van der Waals surface area contributed by atoms with Gasteiger partial charge in [0.2, 0.25) is 0 Å². The molecule has 0 N–H and O–H groups in total. The van der Waals surface area contributed by atoms with Crippen LogP contribution in [-0.4, -0.2) is 69.3 Å². The van der Waals surface area contributed by atoms with E-state index in [2.05, 4.69) is 0 Å². The number of ether oxygens (including phenoxy) is 1. The van der Waals surface area contributed by atoms with Gasteiger partial charge in [-0.05, 0) is 25.0 Å². The Morgan fingerprint density at radius 2 is 1.96 bits per heavy atom. The Balaban J connectivity index is 1.74. The zero-order valence-corrected chi connectivity index (χ0v) is 15.3. The Labute approximate surface area is 151 Å². The standard InChI is InChI=1S/C16H21N3O6S/c1-26(23,24)12-4-5-13(14(11-12)19(21)22)17-6-8-18(9-7-17)16(20)15-3-2-10-25-15/h4-5,11,15H,2-3,6-10H2,1H3/t15-/m0/s1. The summed E-state index contributed by atoms with van der Waals surface area (Å²) in [7, 11) is -3.53. The van der Waals surface area contributed by atoms with Gasteiger partial charge in [0.05, 0.1) is 9.82 Å². The van der Waals surface area contributed by atoms with Crippen molar-refractivity contribution in [3.8, 4) is 0 Å². The SMILES string of the molecule is CS(=O)(=O)c1ccc(N2CCN(C(=O)[C@@H]3CCCO3)CC2)c([N+](=O)[O-])c1. The van der Waals surface area contributed by atoms with Gasteiger partial charge < -0.3 is 14.5 Å². The van der Waals surface area contributed by atoms with Gasteiger partial charge in [0, 0.05) is 45.1 Å². The molecule has 1 aromatic rings. The van der Waals surface area contributed by atoms with Crippen molar-refractivity contribution in [2.45, 2.75) is 23.8 Å². The molecule has 2 saturated heterocycles. The van der Waals surface area contributed by atoms with Gasteiger partial charge in [0.15, 0.2) is 9.84 Å². The van der Waals surface area contributed by atoms with Crippen molar-refractivity contribution in [1.29, 1.82) is 0 Å². The van der Waals surface area contributed by atoms with Crippen molar-refractivity contribution in [1.82, 2.24) is 4.90 Å². The second-order valence-electron chi connectivity index (χ2n) is 6.49. The molecule has 2 aliphatic heterocycles. The number of piperazine rings is 1. The number of benzene rings is 1. The molecule has 1 amide bonds. The molecule has 10 heteroatoms. The largest absolute Gasteiger partial charge is 0.368 e. The summed E-state index contributed by atoms with van der Waals surface area (Å²) in [6.07, 6.45) is 2.26. The first kappa shape index (κ1) is 18.6. The molecule has 2 fully saturated rings. The van der Waals surface area contributed by atoms with E-state index in [0.717, 1.165) is 25.2 Å². The summed E-state index contributed by atoms with van der Waals surface area (Å²) in [5.41, 5.74) is 0.124. The van der Waals surface area contributed by atoms with Gasteiger partial charge in [-0.2, -0.15) is 0 Å². The molecule has 26 heavy (non-hydrogen) atoms. The highest BCUT2D eigenvalue weighted by Gasteiger charge is 2.32. The lowest BCUT2D eigenvalue weighted by Crippen LogP contribution is -2.51. The molecule has 0 aliphatic carbocycles. The first-order chi connectivity index (χ1) is 12.3. The Morgan fingerprint density at radius 1 is 1.27 bits per heavy atom. The van der Waals surface area contributed by atoms with E-state index in [4.69, 9.17) is 4.74 Å². The number of nitrogens with zero attached hydrogens (tertiary/aromatic N) is 3. The minimum atomic E-state index is -3.53. The van der Waals surface area contributed by atoms with Crippen molar-refractivity contribution in [2.24, 2.45) is 0 Å². The van der Waals surface area contributed by atoms with Crippen LogP contribution in [0, 0.1) is 10.1 Å².